The van der Waals surface area contributed by atoms with Gasteiger partial charge in [0.05, 0.1) is 0 Å². The minimum atomic E-state index is 0.585. The maximum Gasteiger partial charge on any atom is 0.00472 e. The Kier molecular flexibility index (Phi) is 3.20. The summed E-state index contributed by atoms with van der Waals surface area (Å²) in [6.07, 6.45) is 10.1. The first-order chi connectivity index (χ1) is 6.35. The normalized spacial score (nSPS) is 27.5. The lowest BCUT2D eigenvalue weighted by Crippen LogP contribution is -2.20. The second kappa shape index (κ2) is 4.22. The van der Waals surface area contributed by atoms with Crippen LogP contribution in [0.3, 0.4) is 0 Å². The van der Waals surface area contributed by atoms with Gasteiger partial charge in [0.1, 0.15) is 0 Å². The quantitative estimate of drug-likeness (QED) is 0.753. The van der Waals surface area contributed by atoms with Crippen LogP contribution in [0, 0.1) is 5.41 Å². The molecule has 2 rings (SSSR count). The van der Waals surface area contributed by atoms with Crippen molar-refractivity contribution in [2.45, 2.75) is 50.2 Å². The summed E-state index contributed by atoms with van der Waals surface area (Å²) in [6, 6.07) is 0. The van der Waals surface area contributed by atoms with Crippen molar-refractivity contribution >= 4 is 11.8 Å². The molecule has 2 N–H and O–H groups in total. The van der Waals surface area contributed by atoms with Gasteiger partial charge in [0.2, 0.25) is 0 Å². The average molecular weight is 199 g/mol. The molecule has 0 amide bonds. The third kappa shape index (κ3) is 2.63. The molecule has 0 spiro atoms. The number of thioether (sulfide) groups is 1. The van der Waals surface area contributed by atoms with E-state index in [0.29, 0.717) is 5.41 Å². The van der Waals surface area contributed by atoms with Crippen molar-refractivity contribution in [2.24, 2.45) is 11.1 Å². The molecule has 2 heteroatoms. The van der Waals surface area contributed by atoms with E-state index >= 15 is 0 Å². The summed E-state index contributed by atoms with van der Waals surface area (Å²) in [5, 5.41) is 0.970. The zero-order chi connectivity index (χ0) is 9.15. The van der Waals surface area contributed by atoms with Crippen molar-refractivity contribution in [1.29, 1.82) is 0 Å². The number of hydrogen-bond acceptors (Lipinski definition) is 2. The summed E-state index contributed by atoms with van der Waals surface area (Å²) in [4.78, 5) is 0. The molecule has 0 unspecified atom stereocenters. The van der Waals surface area contributed by atoms with E-state index in [2.05, 4.69) is 11.8 Å². The predicted octanol–water partition coefficient (Wildman–Crippen LogP) is 2.79. The zero-order valence-corrected chi connectivity index (χ0v) is 9.24. The van der Waals surface area contributed by atoms with Gasteiger partial charge in [-0.25, -0.2) is 0 Å². The largest absolute Gasteiger partial charge is 0.330 e. The van der Waals surface area contributed by atoms with E-state index in [1.54, 1.807) is 0 Å². The van der Waals surface area contributed by atoms with Crippen LogP contribution in [0.25, 0.3) is 0 Å². The molecule has 0 aromatic heterocycles. The molecule has 0 aromatic carbocycles. The Morgan fingerprint density at radius 3 is 2.38 bits per heavy atom. The Hall–Kier alpha value is 0.310. The second-order valence-electron chi connectivity index (χ2n) is 4.78. The van der Waals surface area contributed by atoms with Gasteiger partial charge in [-0.15, -0.1) is 0 Å². The van der Waals surface area contributed by atoms with Gasteiger partial charge in [-0.05, 0) is 37.6 Å². The molecule has 13 heavy (non-hydrogen) atoms. The summed E-state index contributed by atoms with van der Waals surface area (Å²) in [6.45, 7) is 0.923. The van der Waals surface area contributed by atoms with E-state index in [4.69, 9.17) is 5.73 Å². The van der Waals surface area contributed by atoms with Crippen LogP contribution in [0.2, 0.25) is 0 Å². The molecular formula is C11H21NS. The highest BCUT2D eigenvalue weighted by Gasteiger charge is 2.41. The summed E-state index contributed by atoms with van der Waals surface area (Å²) in [5.74, 6) is 1.34. The van der Waals surface area contributed by atoms with Crippen molar-refractivity contribution in [1.82, 2.24) is 0 Å². The Balaban J connectivity index is 1.66. The third-order valence-corrected chi connectivity index (χ3v) is 5.29. The van der Waals surface area contributed by atoms with Crippen molar-refractivity contribution in [3.05, 3.63) is 0 Å². The van der Waals surface area contributed by atoms with Crippen LogP contribution in [-0.4, -0.2) is 17.5 Å². The van der Waals surface area contributed by atoms with Gasteiger partial charge >= 0.3 is 0 Å². The SMILES string of the molecule is NCC1(CSC2CCCCC2)CC1. The first-order valence-electron chi connectivity index (χ1n) is 5.66. The number of rotatable bonds is 4. The van der Waals surface area contributed by atoms with E-state index in [-0.39, 0.29) is 0 Å². The fraction of sp³-hybridized carbons (Fsp3) is 1.00. The monoisotopic (exact) mass is 199 g/mol. The van der Waals surface area contributed by atoms with E-state index < -0.39 is 0 Å². The molecule has 76 valence electrons. The van der Waals surface area contributed by atoms with Crippen molar-refractivity contribution in [3.8, 4) is 0 Å². The first-order valence-corrected chi connectivity index (χ1v) is 6.71. The highest BCUT2D eigenvalue weighted by atomic mass is 32.2. The zero-order valence-electron chi connectivity index (χ0n) is 8.43. The minimum absolute atomic E-state index is 0.585. The van der Waals surface area contributed by atoms with Crippen LogP contribution in [0.1, 0.15) is 44.9 Å². The van der Waals surface area contributed by atoms with Crippen LogP contribution < -0.4 is 5.73 Å². The number of nitrogens with two attached hydrogens (primary N) is 1. The highest BCUT2D eigenvalue weighted by molar-refractivity contribution is 7.99. The molecule has 0 saturated heterocycles. The van der Waals surface area contributed by atoms with E-state index in [1.165, 1.54) is 50.7 Å². The van der Waals surface area contributed by atoms with E-state index in [9.17, 15) is 0 Å². The molecule has 2 fully saturated rings. The maximum absolute atomic E-state index is 5.77. The molecule has 1 nitrogen and oxygen atoms in total. The molecule has 0 atom stereocenters. The molecule has 0 aromatic rings. The third-order valence-electron chi connectivity index (χ3n) is 3.57. The lowest BCUT2D eigenvalue weighted by atomic mass is 10.0. The van der Waals surface area contributed by atoms with Crippen LogP contribution in [0.15, 0.2) is 0 Å². The topological polar surface area (TPSA) is 26.0 Å². The maximum atomic E-state index is 5.77. The summed E-state index contributed by atoms with van der Waals surface area (Å²) < 4.78 is 0. The number of hydrogen-bond donors (Lipinski definition) is 1. The van der Waals surface area contributed by atoms with E-state index in [1.807, 2.05) is 0 Å². The molecule has 0 heterocycles. The van der Waals surface area contributed by atoms with Crippen molar-refractivity contribution in [3.63, 3.8) is 0 Å². The summed E-state index contributed by atoms with van der Waals surface area (Å²) in [5.41, 5.74) is 6.36. The van der Waals surface area contributed by atoms with Crippen LogP contribution in [-0.2, 0) is 0 Å². The van der Waals surface area contributed by atoms with Gasteiger partial charge in [-0.1, -0.05) is 19.3 Å². The fourth-order valence-electron chi connectivity index (χ4n) is 2.11. The van der Waals surface area contributed by atoms with Crippen molar-refractivity contribution in [2.75, 3.05) is 12.3 Å². The molecule has 2 aliphatic rings. The Labute approximate surface area is 85.8 Å². The smallest absolute Gasteiger partial charge is 0.00472 e. The van der Waals surface area contributed by atoms with Crippen LogP contribution in [0.4, 0.5) is 0 Å². The van der Waals surface area contributed by atoms with Gasteiger partial charge in [0, 0.05) is 11.0 Å². The standard InChI is InChI=1S/C11H21NS/c12-8-11(6-7-11)9-13-10-4-2-1-3-5-10/h10H,1-9,12H2. The minimum Gasteiger partial charge on any atom is -0.330 e. The molecule has 0 bridgehead atoms. The molecule has 2 saturated carbocycles. The van der Waals surface area contributed by atoms with Crippen LogP contribution >= 0.6 is 11.8 Å². The van der Waals surface area contributed by atoms with E-state index in [0.717, 1.165) is 11.8 Å². The Morgan fingerprint density at radius 2 is 1.85 bits per heavy atom. The van der Waals surface area contributed by atoms with Gasteiger partial charge < -0.3 is 5.73 Å². The van der Waals surface area contributed by atoms with Crippen LogP contribution in [0.5, 0.6) is 0 Å². The molecular weight excluding hydrogens is 178 g/mol. The average Bonchev–Trinajstić information content (AvgIpc) is 2.97. The van der Waals surface area contributed by atoms with Gasteiger partial charge in [-0.3, -0.25) is 0 Å². The fourth-order valence-corrected chi connectivity index (χ4v) is 3.77. The Bertz CT molecular complexity index is 159. The predicted molar refractivity (Wildman–Crippen MR) is 60.1 cm³/mol. The molecule has 2 aliphatic carbocycles. The van der Waals surface area contributed by atoms with Crippen molar-refractivity contribution < 1.29 is 0 Å². The summed E-state index contributed by atoms with van der Waals surface area (Å²) >= 11 is 2.21. The van der Waals surface area contributed by atoms with Gasteiger partial charge in [-0.2, -0.15) is 11.8 Å². The molecule has 0 radical (unpaired) electrons. The second-order valence-corrected chi connectivity index (χ2v) is 6.06. The Morgan fingerprint density at radius 1 is 1.15 bits per heavy atom. The van der Waals surface area contributed by atoms with Gasteiger partial charge in [0.25, 0.3) is 0 Å². The summed E-state index contributed by atoms with van der Waals surface area (Å²) in [7, 11) is 0. The lowest BCUT2D eigenvalue weighted by molar-refractivity contribution is 0.512. The first kappa shape index (κ1) is 9.85. The van der Waals surface area contributed by atoms with Gasteiger partial charge in [0.15, 0.2) is 0 Å². The lowest BCUT2D eigenvalue weighted by Gasteiger charge is -2.23. The molecule has 0 aliphatic heterocycles. The highest BCUT2D eigenvalue weighted by Crippen LogP contribution is 2.48.